The van der Waals surface area contributed by atoms with Crippen molar-refractivity contribution in [1.82, 2.24) is 5.32 Å². The number of carboxylic acid groups (broad SMARTS) is 1. The number of aliphatic carboxylic acids is 1. The minimum Gasteiger partial charge on any atom is -0.481 e. The van der Waals surface area contributed by atoms with Crippen LogP contribution in [0.2, 0.25) is 0 Å². The molecule has 0 radical (unpaired) electrons. The number of nitrogens with one attached hydrogen (secondary N) is 1. The van der Waals surface area contributed by atoms with E-state index in [4.69, 9.17) is 28.5 Å². The number of hydrogen-bond donors (Lipinski definition) is 2. The summed E-state index contributed by atoms with van der Waals surface area (Å²) < 4.78 is 29.3. The molecule has 9 nitrogen and oxygen atoms in total. The van der Waals surface area contributed by atoms with Crippen LogP contribution < -0.4 is 16.2 Å². The maximum absolute atomic E-state index is 12.2. The standard InChI is InChI=1S/C19H28BNO4.C14H19BO4/c1-18(2)19(3,4)25-20(24-18)15-7-5-14(6-8-15)13-17(22)21-16-9-11-23-12-10-16;1-13(2)14(3,4)19-15(18-13)11-7-5-10(6-8-11)9-12(16)17/h5-8,16H,9-13H2,1-4H3,(H,21,22);5-8H,9H2,1-4H3,(H,16,17). The van der Waals surface area contributed by atoms with E-state index in [1.165, 1.54) is 0 Å². The van der Waals surface area contributed by atoms with Crippen LogP contribution in [0.25, 0.3) is 0 Å². The van der Waals surface area contributed by atoms with Gasteiger partial charge in [0.1, 0.15) is 0 Å². The number of rotatable bonds is 7. The van der Waals surface area contributed by atoms with Gasteiger partial charge in [-0.25, -0.2) is 0 Å². The lowest BCUT2D eigenvalue weighted by molar-refractivity contribution is -0.136. The molecule has 0 aromatic heterocycles. The fraction of sp³-hybridized carbons (Fsp3) is 0.576. The Kier molecular flexibility index (Phi) is 10.4. The summed E-state index contributed by atoms with van der Waals surface area (Å²) in [5, 5.41) is 11.8. The molecule has 3 fully saturated rings. The van der Waals surface area contributed by atoms with Crippen molar-refractivity contribution in [2.45, 2.75) is 110 Å². The van der Waals surface area contributed by atoms with Crippen LogP contribution in [0.1, 0.15) is 79.4 Å². The van der Waals surface area contributed by atoms with Crippen molar-refractivity contribution in [2.24, 2.45) is 0 Å². The smallest absolute Gasteiger partial charge is 0.481 e. The third kappa shape index (κ3) is 8.31. The van der Waals surface area contributed by atoms with Gasteiger partial charge in [-0.15, -0.1) is 0 Å². The van der Waals surface area contributed by atoms with E-state index in [1.807, 2.05) is 91.8 Å². The summed E-state index contributed by atoms with van der Waals surface area (Å²) >= 11 is 0. The third-order valence-corrected chi connectivity index (χ3v) is 9.32. The zero-order valence-electron chi connectivity index (χ0n) is 27.4. The van der Waals surface area contributed by atoms with Gasteiger partial charge in [-0.2, -0.15) is 0 Å². The van der Waals surface area contributed by atoms with Crippen LogP contribution in [0, 0.1) is 0 Å². The van der Waals surface area contributed by atoms with Crippen LogP contribution in [0.5, 0.6) is 0 Å². The first-order chi connectivity index (χ1) is 20.5. The second-order valence-electron chi connectivity index (χ2n) is 13.9. The van der Waals surface area contributed by atoms with Crippen molar-refractivity contribution < 1.29 is 38.0 Å². The molecule has 0 unspecified atom stereocenters. The first-order valence-corrected chi connectivity index (χ1v) is 15.5. The monoisotopic (exact) mass is 607 g/mol. The normalized spacial score (nSPS) is 21.8. The predicted octanol–water partition coefficient (Wildman–Crippen LogP) is 3.44. The Morgan fingerprint density at radius 3 is 1.41 bits per heavy atom. The van der Waals surface area contributed by atoms with Gasteiger partial charge >= 0.3 is 20.2 Å². The molecule has 0 atom stereocenters. The lowest BCUT2D eigenvalue weighted by Gasteiger charge is -2.32. The fourth-order valence-corrected chi connectivity index (χ4v) is 5.02. The Labute approximate surface area is 262 Å². The molecule has 0 bridgehead atoms. The SMILES string of the molecule is CC1(C)OB(c2ccc(CC(=O)NC3CCOCC3)cc2)OC1(C)C.CC1(C)OB(c2ccc(CC(=O)O)cc2)OC1(C)C. The Hall–Kier alpha value is -2.69. The van der Waals surface area contributed by atoms with Crippen molar-refractivity contribution in [2.75, 3.05) is 13.2 Å². The Morgan fingerprint density at radius 1 is 0.682 bits per heavy atom. The summed E-state index contributed by atoms with van der Waals surface area (Å²) in [4.78, 5) is 22.8. The molecule has 0 aliphatic carbocycles. The summed E-state index contributed by atoms with van der Waals surface area (Å²) in [6.07, 6.45) is 2.21. The highest BCUT2D eigenvalue weighted by atomic mass is 16.7. The lowest BCUT2D eigenvalue weighted by atomic mass is 9.79. The van der Waals surface area contributed by atoms with E-state index in [0.29, 0.717) is 6.42 Å². The predicted molar refractivity (Wildman–Crippen MR) is 171 cm³/mol. The second-order valence-corrected chi connectivity index (χ2v) is 13.9. The van der Waals surface area contributed by atoms with Crippen molar-refractivity contribution in [3.8, 4) is 0 Å². The molecule has 3 aliphatic heterocycles. The molecule has 0 saturated carbocycles. The molecule has 44 heavy (non-hydrogen) atoms. The van der Waals surface area contributed by atoms with Crippen molar-refractivity contribution in [3.63, 3.8) is 0 Å². The Balaban J connectivity index is 0.000000209. The van der Waals surface area contributed by atoms with Gasteiger partial charge in [0.2, 0.25) is 5.91 Å². The van der Waals surface area contributed by atoms with Gasteiger partial charge in [-0.05, 0) is 90.3 Å². The first kappa shape index (κ1) is 34.2. The van der Waals surface area contributed by atoms with Gasteiger partial charge in [0.15, 0.2) is 0 Å². The summed E-state index contributed by atoms with van der Waals surface area (Å²) in [6, 6.07) is 15.5. The van der Waals surface area contributed by atoms with E-state index < -0.39 is 13.1 Å². The van der Waals surface area contributed by atoms with Crippen LogP contribution in [0.15, 0.2) is 48.5 Å². The minimum atomic E-state index is -0.830. The second kappa shape index (κ2) is 13.3. The molecule has 2 N–H and O–H groups in total. The zero-order chi connectivity index (χ0) is 32.3. The maximum Gasteiger partial charge on any atom is 0.494 e. The van der Waals surface area contributed by atoms with Crippen LogP contribution in [-0.4, -0.2) is 72.9 Å². The number of carbonyl (C=O) groups excluding carboxylic acids is 1. The topological polar surface area (TPSA) is 113 Å². The molecule has 238 valence electrons. The molecule has 5 rings (SSSR count). The van der Waals surface area contributed by atoms with Gasteiger partial charge in [0, 0.05) is 19.3 Å². The molecule has 0 spiro atoms. The van der Waals surface area contributed by atoms with Gasteiger partial charge in [-0.3, -0.25) is 9.59 Å². The number of ether oxygens (including phenoxy) is 1. The van der Waals surface area contributed by atoms with E-state index in [1.54, 1.807) is 12.1 Å². The molecule has 2 aromatic carbocycles. The summed E-state index contributed by atoms with van der Waals surface area (Å²) in [6.45, 7) is 17.7. The summed E-state index contributed by atoms with van der Waals surface area (Å²) in [5.74, 6) is -0.765. The molecule has 3 heterocycles. The largest absolute Gasteiger partial charge is 0.494 e. The number of amides is 1. The van der Waals surface area contributed by atoms with E-state index in [0.717, 1.165) is 48.1 Å². The van der Waals surface area contributed by atoms with Gasteiger partial charge in [0.25, 0.3) is 0 Å². The average Bonchev–Trinajstić information content (AvgIpc) is 3.29. The van der Waals surface area contributed by atoms with Crippen LogP contribution in [0.4, 0.5) is 0 Å². The molecule has 1 amide bonds. The van der Waals surface area contributed by atoms with Gasteiger partial charge in [-0.1, -0.05) is 48.5 Å². The number of hydrogen-bond acceptors (Lipinski definition) is 7. The molecule has 2 aromatic rings. The van der Waals surface area contributed by atoms with E-state index in [-0.39, 0.29) is 47.9 Å². The van der Waals surface area contributed by atoms with E-state index in [9.17, 15) is 9.59 Å². The van der Waals surface area contributed by atoms with E-state index in [2.05, 4.69) is 5.32 Å². The summed E-state index contributed by atoms with van der Waals surface area (Å²) in [5.41, 5.74) is 2.23. The highest BCUT2D eigenvalue weighted by molar-refractivity contribution is 6.62. The van der Waals surface area contributed by atoms with E-state index >= 15 is 0 Å². The van der Waals surface area contributed by atoms with Gasteiger partial charge < -0.3 is 33.8 Å². The molecular formula is C33H47B2NO8. The Bertz CT molecular complexity index is 1260. The lowest BCUT2D eigenvalue weighted by Crippen LogP contribution is -2.41. The fourth-order valence-electron chi connectivity index (χ4n) is 5.02. The number of carboxylic acids is 1. The van der Waals surface area contributed by atoms with Crippen LogP contribution in [0.3, 0.4) is 0 Å². The number of carbonyl (C=O) groups is 2. The van der Waals surface area contributed by atoms with Crippen LogP contribution >= 0.6 is 0 Å². The third-order valence-electron chi connectivity index (χ3n) is 9.32. The molecule has 11 heteroatoms. The van der Waals surface area contributed by atoms with Crippen molar-refractivity contribution in [3.05, 3.63) is 59.7 Å². The quantitative estimate of drug-likeness (QED) is 0.461. The highest BCUT2D eigenvalue weighted by Gasteiger charge is 2.52. The zero-order valence-corrected chi connectivity index (χ0v) is 27.4. The maximum atomic E-state index is 12.2. The average molecular weight is 607 g/mol. The van der Waals surface area contributed by atoms with Crippen molar-refractivity contribution >= 4 is 37.0 Å². The molecule has 3 saturated heterocycles. The highest BCUT2D eigenvalue weighted by Crippen LogP contribution is 2.37. The molecule has 3 aliphatic rings. The minimum absolute atomic E-state index is 0.0314. The number of benzene rings is 2. The Morgan fingerprint density at radius 2 is 1.05 bits per heavy atom. The first-order valence-electron chi connectivity index (χ1n) is 15.5. The van der Waals surface area contributed by atoms with Crippen molar-refractivity contribution in [1.29, 1.82) is 0 Å². The summed E-state index contributed by atoms with van der Waals surface area (Å²) in [7, 11) is -0.765. The van der Waals surface area contributed by atoms with Crippen LogP contribution in [-0.2, 0) is 45.8 Å². The molecular weight excluding hydrogens is 560 g/mol. The van der Waals surface area contributed by atoms with Gasteiger partial charge in [0.05, 0.1) is 35.2 Å².